The van der Waals surface area contributed by atoms with Gasteiger partial charge in [0, 0.05) is 24.7 Å². The van der Waals surface area contributed by atoms with Gasteiger partial charge in [-0.25, -0.2) is 18.7 Å². The molecule has 5 rings (SSSR count). The van der Waals surface area contributed by atoms with Gasteiger partial charge in [-0.15, -0.1) is 5.10 Å². The topological polar surface area (TPSA) is 78.1 Å². The van der Waals surface area contributed by atoms with E-state index in [2.05, 4.69) is 5.10 Å². The summed E-state index contributed by atoms with van der Waals surface area (Å²) >= 11 is 6.53. The Morgan fingerprint density at radius 1 is 1.03 bits per heavy atom. The fraction of sp³-hybridized carbons (Fsp3) is 0.367. The molecule has 0 saturated carbocycles. The van der Waals surface area contributed by atoms with E-state index in [9.17, 15) is 9.59 Å². The fourth-order valence-corrected chi connectivity index (χ4v) is 4.63. The predicted octanol–water partition coefficient (Wildman–Crippen LogP) is 6.20. The number of pyridine rings is 1. The van der Waals surface area contributed by atoms with Gasteiger partial charge in [0.15, 0.2) is 5.75 Å². The van der Waals surface area contributed by atoms with Crippen molar-refractivity contribution in [2.45, 2.75) is 52.7 Å². The first-order valence-electron chi connectivity index (χ1n) is 13.0. The van der Waals surface area contributed by atoms with Crippen LogP contribution >= 0.6 is 11.6 Å². The number of rotatable bonds is 4. The number of benzene rings is 2. The van der Waals surface area contributed by atoms with E-state index >= 15 is 0 Å². The van der Waals surface area contributed by atoms with E-state index in [-0.39, 0.29) is 17.4 Å². The number of methoxy groups -OCH3 is 1. The molecule has 9 heteroatoms. The predicted molar refractivity (Wildman–Crippen MR) is 154 cm³/mol. The summed E-state index contributed by atoms with van der Waals surface area (Å²) in [6.07, 6.45) is 2.05. The summed E-state index contributed by atoms with van der Waals surface area (Å²) in [7, 11) is 1.54. The minimum absolute atomic E-state index is 0.167. The molecule has 4 aromatic rings. The van der Waals surface area contributed by atoms with Crippen LogP contribution in [0, 0.1) is 6.92 Å². The van der Waals surface area contributed by atoms with Crippen molar-refractivity contribution in [2.24, 2.45) is 0 Å². The molecule has 2 aromatic heterocycles. The first-order chi connectivity index (χ1) is 18.6. The Bertz CT molecular complexity index is 1480. The summed E-state index contributed by atoms with van der Waals surface area (Å²) in [6.45, 7) is 9.77. The highest BCUT2D eigenvalue weighted by Gasteiger charge is 2.24. The van der Waals surface area contributed by atoms with E-state index in [1.807, 2.05) is 82.3 Å². The van der Waals surface area contributed by atoms with Crippen LogP contribution in [0.4, 0.5) is 4.79 Å². The highest BCUT2D eigenvalue weighted by Crippen LogP contribution is 2.33. The zero-order valence-electron chi connectivity index (χ0n) is 23.1. The molecule has 1 amide bonds. The quantitative estimate of drug-likeness (QED) is 0.302. The zero-order valence-corrected chi connectivity index (χ0v) is 23.9. The number of hydrogen-bond donors (Lipinski definition) is 0. The van der Waals surface area contributed by atoms with Crippen molar-refractivity contribution in [3.63, 3.8) is 0 Å². The number of amides is 1. The SMILES string of the molecule is CC(C)(C)OC(=O)N1CCCC1.COc1cc(Cl)c(-c2ccc(C)cc2)n2c(=O)n(Cc3ccccc3)nc12. The Balaban J connectivity index is 0.000000247. The summed E-state index contributed by atoms with van der Waals surface area (Å²) < 4.78 is 13.6. The number of halogens is 1. The van der Waals surface area contributed by atoms with Gasteiger partial charge >= 0.3 is 11.8 Å². The molecule has 0 spiro atoms. The van der Waals surface area contributed by atoms with Crippen LogP contribution < -0.4 is 10.4 Å². The van der Waals surface area contributed by atoms with Gasteiger partial charge in [-0.05, 0) is 46.1 Å². The summed E-state index contributed by atoms with van der Waals surface area (Å²) in [6, 6.07) is 19.3. The summed E-state index contributed by atoms with van der Waals surface area (Å²) in [5, 5.41) is 4.94. The molecule has 2 aromatic carbocycles. The molecular weight excluding hydrogens is 516 g/mol. The number of aryl methyl sites for hydroxylation is 1. The minimum atomic E-state index is -0.361. The van der Waals surface area contributed by atoms with Crippen LogP contribution in [0.3, 0.4) is 0 Å². The summed E-state index contributed by atoms with van der Waals surface area (Å²) in [4.78, 5) is 26.3. The number of nitrogens with zero attached hydrogens (tertiary/aromatic N) is 4. The Morgan fingerprint density at radius 2 is 1.67 bits per heavy atom. The van der Waals surface area contributed by atoms with Crippen molar-refractivity contribution in [1.82, 2.24) is 19.1 Å². The molecular formula is C30H35ClN4O4. The molecule has 3 heterocycles. The number of hydrogen-bond acceptors (Lipinski definition) is 5. The molecule has 0 aliphatic carbocycles. The van der Waals surface area contributed by atoms with Crippen LogP contribution in [0.1, 0.15) is 44.7 Å². The zero-order chi connectivity index (χ0) is 28.2. The van der Waals surface area contributed by atoms with Crippen molar-refractivity contribution < 1.29 is 14.3 Å². The van der Waals surface area contributed by atoms with E-state index in [1.165, 1.54) is 16.2 Å². The van der Waals surface area contributed by atoms with Gasteiger partial charge in [-0.3, -0.25) is 0 Å². The normalized spacial score (nSPS) is 13.2. The molecule has 0 atom stereocenters. The Morgan fingerprint density at radius 3 is 2.26 bits per heavy atom. The third-order valence-electron chi connectivity index (χ3n) is 6.25. The highest BCUT2D eigenvalue weighted by molar-refractivity contribution is 6.33. The van der Waals surface area contributed by atoms with E-state index < -0.39 is 0 Å². The van der Waals surface area contributed by atoms with E-state index in [0.29, 0.717) is 28.7 Å². The lowest BCUT2D eigenvalue weighted by atomic mass is 10.1. The molecule has 0 radical (unpaired) electrons. The van der Waals surface area contributed by atoms with E-state index in [0.717, 1.165) is 42.6 Å². The first kappa shape index (κ1) is 28.2. The van der Waals surface area contributed by atoms with Gasteiger partial charge in [0.2, 0.25) is 5.65 Å². The second-order valence-corrected chi connectivity index (χ2v) is 10.9. The van der Waals surface area contributed by atoms with E-state index in [1.54, 1.807) is 11.0 Å². The lowest BCUT2D eigenvalue weighted by Gasteiger charge is -2.23. The Hall–Kier alpha value is -3.78. The van der Waals surface area contributed by atoms with Crippen molar-refractivity contribution in [1.29, 1.82) is 0 Å². The largest absolute Gasteiger partial charge is 0.493 e. The van der Waals surface area contributed by atoms with Crippen LogP contribution in [0.2, 0.25) is 5.02 Å². The third-order valence-corrected chi connectivity index (χ3v) is 6.53. The average Bonchev–Trinajstić information content (AvgIpc) is 3.54. The van der Waals surface area contributed by atoms with Crippen LogP contribution in [-0.4, -0.2) is 51.0 Å². The molecule has 0 bridgehead atoms. The number of aromatic nitrogens is 3. The molecule has 206 valence electrons. The number of carbonyl (C=O) groups is 1. The summed E-state index contributed by atoms with van der Waals surface area (Å²) in [5.41, 5.74) is 3.40. The number of fused-ring (bicyclic) bond motifs is 1. The molecule has 1 aliphatic rings. The molecule has 39 heavy (non-hydrogen) atoms. The standard InChI is InChI=1S/C21H18ClN3O2.C9H17NO2/c1-14-8-10-16(11-9-14)19-17(22)12-18(27-2)20-23-24(21(26)25(19)20)13-15-6-4-3-5-7-15;1-9(2,3)12-8(11)10-6-4-5-7-10/h3-12H,13H2,1-2H3;4-7H2,1-3H3. The van der Waals surface area contributed by atoms with Gasteiger partial charge < -0.3 is 14.4 Å². The number of ether oxygens (including phenoxy) is 2. The van der Waals surface area contributed by atoms with Gasteiger partial charge in [0.05, 0.1) is 24.4 Å². The van der Waals surface area contributed by atoms with Crippen molar-refractivity contribution >= 4 is 23.3 Å². The van der Waals surface area contributed by atoms with Crippen molar-refractivity contribution in [3.05, 3.63) is 87.3 Å². The van der Waals surface area contributed by atoms with Crippen LogP contribution in [0.5, 0.6) is 5.75 Å². The molecule has 8 nitrogen and oxygen atoms in total. The maximum Gasteiger partial charge on any atom is 0.410 e. The summed E-state index contributed by atoms with van der Waals surface area (Å²) in [5.74, 6) is 0.458. The van der Waals surface area contributed by atoms with Crippen molar-refractivity contribution in [2.75, 3.05) is 20.2 Å². The number of carbonyl (C=O) groups excluding carboxylic acids is 1. The van der Waals surface area contributed by atoms with Gasteiger partial charge in [0.25, 0.3) is 0 Å². The molecule has 1 aliphatic heterocycles. The fourth-order valence-electron chi connectivity index (χ4n) is 4.34. The minimum Gasteiger partial charge on any atom is -0.493 e. The molecule has 1 saturated heterocycles. The molecule has 0 unspecified atom stereocenters. The van der Waals surface area contributed by atoms with Gasteiger partial charge in [-0.1, -0.05) is 71.8 Å². The second kappa shape index (κ2) is 11.9. The highest BCUT2D eigenvalue weighted by atomic mass is 35.5. The monoisotopic (exact) mass is 550 g/mol. The number of likely N-dealkylation sites (tertiary alicyclic amines) is 1. The average molecular weight is 551 g/mol. The van der Waals surface area contributed by atoms with Crippen LogP contribution in [0.25, 0.3) is 16.9 Å². The lowest BCUT2D eigenvalue weighted by molar-refractivity contribution is 0.0295. The molecule has 0 N–H and O–H groups in total. The van der Waals surface area contributed by atoms with Crippen LogP contribution in [-0.2, 0) is 11.3 Å². The lowest BCUT2D eigenvalue weighted by Crippen LogP contribution is -2.34. The maximum absolute atomic E-state index is 13.2. The van der Waals surface area contributed by atoms with Crippen LogP contribution in [0.15, 0.2) is 65.5 Å². The second-order valence-electron chi connectivity index (χ2n) is 10.5. The van der Waals surface area contributed by atoms with E-state index in [4.69, 9.17) is 21.1 Å². The molecule has 1 fully saturated rings. The smallest absolute Gasteiger partial charge is 0.410 e. The maximum atomic E-state index is 13.2. The van der Waals surface area contributed by atoms with Crippen molar-refractivity contribution in [3.8, 4) is 17.0 Å². The van der Waals surface area contributed by atoms with Gasteiger partial charge in [-0.2, -0.15) is 0 Å². The Labute approximate surface area is 233 Å². The first-order valence-corrected chi connectivity index (χ1v) is 13.4. The van der Waals surface area contributed by atoms with Gasteiger partial charge in [0.1, 0.15) is 5.60 Å². The Kier molecular flexibility index (Phi) is 8.65. The third kappa shape index (κ3) is 6.81.